The Morgan fingerprint density at radius 1 is 1.65 bits per heavy atom. The van der Waals surface area contributed by atoms with Crippen molar-refractivity contribution in [3.05, 3.63) is 12.2 Å². The van der Waals surface area contributed by atoms with Crippen LogP contribution >= 0.6 is 0 Å². The number of alkyl carbamates (subject to hydrolysis) is 1. The maximum Gasteiger partial charge on any atom is 0.408 e. The maximum atomic E-state index is 11.4. The van der Waals surface area contributed by atoms with Gasteiger partial charge in [0.25, 0.3) is 0 Å². The van der Waals surface area contributed by atoms with Gasteiger partial charge in [-0.25, -0.2) is 4.79 Å². The third-order valence-electron chi connectivity index (χ3n) is 3.55. The minimum Gasteiger partial charge on any atom is -0.480 e. The number of aliphatic carboxylic acids is 1. The third-order valence-corrected chi connectivity index (χ3v) is 3.55. The summed E-state index contributed by atoms with van der Waals surface area (Å²) in [5.74, 6) is -1.17. The smallest absolute Gasteiger partial charge is 0.408 e. The van der Waals surface area contributed by atoms with Gasteiger partial charge in [0.1, 0.15) is 18.2 Å². The number of nitrogens with two attached hydrogens (primary N) is 1. The first kappa shape index (κ1) is 10.5. The molecular formula is C10H12N2O5. The number of fused-ring (bicyclic) bond motifs is 3. The summed E-state index contributed by atoms with van der Waals surface area (Å²) in [7, 11) is 0. The van der Waals surface area contributed by atoms with Crippen molar-refractivity contribution in [3.8, 4) is 0 Å². The van der Waals surface area contributed by atoms with E-state index in [1.807, 2.05) is 6.08 Å². The number of carbonyl (C=O) groups is 2. The van der Waals surface area contributed by atoms with Crippen LogP contribution in [0, 0.1) is 0 Å². The number of carboxylic acid groups (broad SMARTS) is 1. The number of hydrogen-bond donors (Lipinski definition) is 3. The Morgan fingerprint density at radius 2 is 2.41 bits per heavy atom. The topological polar surface area (TPSA) is 111 Å². The molecule has 1 amide bonds. The van der Waals surface area contributed by atoms with Gasteiger partial charge in [0.15, 0.2) is 5.60 Å². The van der Waals surface area contributed by atoms with E-state index in [1.165, 1.54) is 0 Å². The highest BCUT2D eigenvalue weighted by Gasteiger charge is 2.63. The number of ether oxygens (including phenoxy) is 2. The molecule has 3 heterocycles. The Hall–Kier alpha value is -1.60. The number of carbonyl (C=O) groups excluding carboxylic acids is 1. The molecule has 2 fully saturated rings. The SMILES string of the molecule is N[C@@H](C(=O)O)[C@@H]1NC(=O)O[C@@]12C[C@H]1C=C[C@H]2O1. The number of hydrogen-bond acceptors (Lipinski definition) is 5. The lowest BCUT2D eigenvalue weighted by Gasteiger charge is -2.33. The molecule has 5 atom stereocenters. The van der Waals surface area contributed by atoms with Crippen LogP contribution in [0.3, 0.4) is 0 Å². The molecule has 3 aliphatic heterocycles. The molecule has 92 valence electrons. The first-order valence-electron chi connectivity index (χ1n) is 5.34. The van der Waals surface area contributed by atoms with Gasteiger partial charge in [-0.2, -0.15) is 0 Å². The monoisotopic (exact) mass is 240 g/mol. The predicted molar refractivity (Wildman–Crippen MR) is 54.2 cm³/mol. The van der Waals surface area contributed by atoms with Crippen LogP contribution in [0.15, 0.2) is 12.2 Å². The van der Waals surface area contributed by atoms with Crippen molar-refractivity contribution in [2.24, 2.45) is 5.73 Å². The number of nitrogens with one attached hydrogen (secondary N) is 1. The van der Waals surface area contributed by atoms with E-state index in [0.717, 1.165) is 0 Å². The fraction of sp³-hybridized carbons (Fsp3) is 0.600. The zero-order valence-electron chi connectivity index (χ0n) is 8.83. The zero-order valence-corrected chi connectivity index (χ0v) is 8.83. The van der Waals surface area contributed by atoms with Crippen LogP contribution < -0.4 is 11.1 Å². The largest absolute Gasteiger partial charge is 0.480 e. The summed E-state index contributed by atoms with van der Waals surface area (Å²) >= 11 is 0. The Morgan fingerprint density at radius 3 is 2.94 bits per heavy atom. The molecule has 0 aliphatic carbocycles. The van der Waals surface area contributed by atoms with E-state index in [-0.39, 0.29) is 6.10 Å². The van der Waals surface area contributed by atoms with Crippen molar-refractivity contribution in [1.82, 2.24) is 5.32 Å². The van der Waals surface area contributed by atoms with Crippen LogP contribution in [0.5, 0.6) is 0 Å². The third kappa shape index (κ3) is 1.29. The zero-order chi connectivity index (χ0) is 12.2. The van der Waals surface area contributed by atoms with E-state index in [1.54, 1.807) is 6.08 Å². The van der Waals surface area contributed by atoms with Crippen molar-refractivity contribution >= 4 is 12.1 Å². The van der Waals surface area contributed by atoms with Gasteiger partial charge in [-0.15, -0.1) is 0 Å². The molecule has 0 unspecified atom stereocenters. The second kappa shape index (κ2) is 3.21. The first-order valence-corrected chi connectivity index (χ1v) is 5.34. The molecular weight excluding hydrogens is 228 g/mol. The number of carboxylic acids is 1. The summed E-state index contributed by atoms with van der Waals surface area (Å²) < 4.78 is 10.8. The van der Waals surface area contributed by atoms with Crippen molar-refractivity contribution in [2.45, 2.75) is 36.3 Å². The van der Waals surface area contributed by atoms with Gasteiger partial charge in [0, 0.05) is 6.42 Å². The predicted octanol–water partition coefficient (Wildman–Crippen LogP) is -1.03. The van der Waals surface area contributed by atoms with Crippen LogP contribution in [0.2, 0.25) is 0 Å². The molecule has 7 heteroatoms. The first-order chi connectivity index (χ1) is 8.03. The molecule has 7 nitrogen and oxygen atoms in total. The van der Waals surface area contributed by atoms with E-state index in [4.69, 9.17) is 20.3 Å². The van der Waals surface area contributed by atoms with Gasteiger partial charge in [0.05, 0.1) is 6.10 Å². The molecule has 2 saturated heterocycles. The van der Waals surface area contributed by atoms with Crippen molar-refractivity contribution in [3.63, 3.8) is 0 Å². The number of rotatable bonds is 2. The van der Waals surface area contributed by atoms with Crippen LogP contribution in [0.4, 0.5) is 4.79 Å². The van der Waals surface area contributed by atoms with Gasteiger partial charge in [0.2, 0.25) is 0 Å². The quantitative estimate of drug-likeness (QED) is 0.532. The molecule has 3 aliphatic rings. The van der Waals surface area contributed by atoms with Crippen LogP contribution in [0.1, 0.15) is 6.42 Å². The van der Waals surface area contributed by atoms with Gasteiger partial charge in [-0.05, 0) is 0 Å². The highest BCUT2D eigenvalue weighted by atomic mass is 16.6. The van der Waals surface area contributed by atoms with Crippen LogP contribution in [0.25, 0.3) is 0 Å². The Kier molecular flexibility index (Phi) is 1.99. The maximum absolute atomic E-state index is 11.4. The van der Waals surface area contributed by atoms with Gasteiger partial charge >= 0.3 is 12.1 Å². The summed E-state index contributed by atoms with van der Waals surface area (Å²) in [5, 5.41) is 11.4. The van der Waals surface area contributed by atoms with E-state index < -0.39 is 35.9 Å². The molecule has 0 radical (unpaired) electrons. The Labute approximate surface area is 96.6 Å². The van der Waals surface area contributed by atoms with E-state index in [0.29, 0.717) is 6.42 Å². The van der Waals surface area contributed by atoms with Gasteiger partial charge in [-0.1, -0.05) is 12.2 Å². The molecule has 0 aromatic carbocycles. The fourth-order valence-corrected chi connectivity index (χ4v) is 2.78. The lowest BCUT2D eigenvalue weighted by atomic mass is 9.80. The lowest BCUT2D eigenvalue weighted by Crippen LogP contribution is -2.60. The van der Waals surface area contributed by atoms with E-state index in [2.05, 4.69) is 5.32 Å². The van der Waals surface area contributed by atoms with Crippen molar-refractivity contribution in [2.75, 3.05) is 0 Å². The highest BCUT2D eigenvalue weighted by molar-refractivity contribution is 5.79. The van der Waals surface area contributed by atoms with Crippen molar-refractivity contribution in [1.29, 1.82) is 0 Å². The molecule has 17 heavy (non-hydrogen) atoms. The number of amides is 1. The summed E-state index contributed by atoms with van der Waals surface area (Å²) in [4.78, 5) is 22.3. The lowest BCUT2D eigenvalue weighted by molar-refractivity contribution is -0.140. The summed E-state index contributed by atoms with van der Waals surface area (Å²) in [6.07, 6.45) is 2.93. The minimum absolute atomic E-state index is 0.129. The molecule has 2 bridgehead atoms. The summed E-state index contributed by atoms with van der Waals surface area (Å²) in [6.45, 7) is 0. The van der Waals surface area contributed by atoms with Crippen LogP contribution in [-0.2, 0) is 14.3 Å². The Bertz CT molecular complexity index is 423. The Balaban J connectivity index is 1.95. The molecule has 3 rings (SSSR count). The van der Waals surface area contributed by atoms with Gasteiger partial charge < -0.3 is 25.6 Å². The van der Waals surface area contributed by atoms with E-state index >= 15 is 0 Å². The standard InChI is InChI=1S/C10H12N2O5/c11-6(8(13)14)7-10(17-9(15)12-7)3-4-1-2-5(10)16-4/h1-2,4-7H,3,11H2,(H,12,15)(H,13,14)/t4-,5-,6-,7+,10-/m1/s1. The molecule has 0 aromatic heterocycles. The average molecular weight is 240 g/mol. The van der Waals surface area contributed by atoms with Crippen LogP contribution in [-0.4, -0.2) is 47.1 Å². The summed E-state index contributed by atoms with van der Waals surface area (Å²) in [6, 6.07) is -1.98. The fourth-order valence-electron chi connectivity index (χ4n) is 2.78. The van der Waals surface area contributed by atoms with Crippen molar-refractivity contribution < 1.29 is 24.2 Å². The normalized spacial score (nSPS) is 43.8. The summed E-state index contributed by atoms with van der Waals surface area (Å²) in [5.41, 5.74) is 4.62. The average Bonchev–Trinajstić information content (AvgIpc) is 2.92. The molecule has 1 spiro atoms. The second-order valence-electron chi connectivity index (χ2n) is 4.51. The molecule has 4 N–H and O–H groups in total. The highest BCUT2D eigenvalue weighted by Crippen LogP contribution is 2.45. The minimum atomic E-state index is -1.21. The molecule has 0 saturated carbocycles. The van der Waals surface area contributed by atoms with E-state index in [9.17, 15) is 9.59 Å². The molecule has 0 aromatic rings. The second-order valence-corrected chi connectivity index (χ2v) is 4.51. The van der Waals surface area contributed by atoms with Gasteiger partial charge in [-0.3, -0.25) is 4.79 Å².